The van der Waals surface area contributed by atoms with E-state index in [1.807, 2.05) is 6.92 Å². The zero-order valence-corrected chi connectivity index (χ0v) is 10.0. The van der Waals surface area contributed by atoms with Crippen LogP contribution >= 0.6 is 11.8 Å². The van der Waals surface area contributed by atoms with Gasteiger partial charge in [-0.25, -0.2) is 9.89 Å². The van der Waals surface area contributed by atoms with Gasteiger partial charge >= 0.3 is 5.69 Å². The number of H-pyrrole nitrogens is 1. The second-order valence-electron chi connectivity index (χ2n) is 3.56. The van der Waals surface area contributed by atoms with Gasteiger partial charge in [-0.3, -0.25) is 4.57 Å². The maximum absolute atomic E-state index is 11.3. The molecular weight excluding hydrogens is 228 g/mol. The van der Waals surface area contributed by atoms with Gasteiger partial charge in [0.2, 0.25) is 0 Å². The molecule has 90 valence electrons. The minimum atomic E-state index is -0.146. The molecule has 0 amide bonds. The van der Waals surface area contributed by atoms with E-state index in [-0.39, 0.29) is 11.8 Å². The molecule has 1 aromatic rings. The molecule has 1 aliphatic heterocycles. The number of hydrogen-bond donors (Lipinski definition) is 2. The molecule has 1 aliphatic rings. The number of aromatic nitrogens is 3. The summed E-state index contributed by atoms with van der Waals surface area (Å²) >= 11 is 1.55. The molecule has 0 aliphatic carbocycles. The first kappa shape index (κ1) is 11.7. The van der Waals surface area contributed by atoms with Crippen molar-refractivity contribution in [2.24, 2.45) is 0 Å². The fourth-order valence-corrected chi connectivity index (χ4v) is 2.61. The molecule has 16 heavy (non-hydrogen) atoms. The molecule has 6 nitrogen and oxygen atoms in total. The van der Waals surface area contributed by atoms with Crippen LogP contribution in [-0.4, -0.2) is 46.3 Å². The molecular formula is C9H16N4O2S. The average Bonchev–Trinajstić information content (AvgIpc) is 2.68. The van der Waals surface area contributed by atoms with Gasteiger partial charge in [0.15, 0.2) is 5.16 Å². The molecule has 1 saturated heterocycles. The highest BCUT2D eigenvalue weighted by atomic mass is 32.2. The van der Waals surface area contributed by atoms with E-state index in [2.05, 4.69) is 15.5 Å². The summed E-state index contributed by atoms with van der Waals surface area (Å²) in [5.41, 5.74) is -0.146. The third-order valence-corrected chi connectivity index (χ3v) is 3.55. The van der Waals surface area contributed by atoms with E-state index in [9.17, 15) is 4.79 Å². The molecule has 0 saturated carbocycles. The van der Waals surface area contributed by atoms with Gasteiger partial charge in [-0.2, -0.15) is 0 Å². The highest BCUT2D eigenvalue weighted by molar-refractivity contribution is 7.99. The summed E-state index contributed by atoms with van der Waals surface area (Å²) in [6.07, 6.45) is 0.204. The Hall–Kier alpha value is -0.790. The van der Waals surface area contributed by atoms with Gasteiger partial charge in [0, 0.05) is 25.4 Å². The van der Waals surface area contributed by atoms with E-state index in [0.29, 0.717) is 6.54 Å². The zero-order chi connectivity index (χ0) is 11.4. The van der Waals surface area contributed by atoms with Gasteiger partial charge < -0.3 is 10.1 Å². The monoisotopic (exact) mass is 244 g/mol. The summed E-state index contributed by atoms with van der Waals surface area (Å²) in [7, 11) is 0. The fraction of sp³-hybridized carbons (Fsp3) is 0.778. The lowest BCUT2D eigenvalue weighted by atomic mass is 10.3. The molecule has 1 atom stereocenters. The van der Waals surface area contributed by atoms with Crippen LogP contribution in [0.3, 0.4) is 0 Å². The van der Waals surface area contributed by atoms with Crippen LogP contribution in [0, 0.1) is 0 Å². The highest BCUT2D eigenvalue weighted by Gasteiger charge is 2.15. The van der Waals surface area contributed by atoms with Crippen LogP contribution in [-0.2, 0) is 11.3 Å². The van der Waals surface area contributed by atoms with Crippen molar-refractivity contribution in [3.63, 3.8) is 0 Å². The van der Waals surface area contributed by atoms with E-state index in [1.54, 1.807) is 16.3 Å². The Kier molecular flexibility index (Phi) is 4.03. The fourth-order valence-electron chi connectivity index (χ4n) is 1.59. The topological polar surface area (TPSA) is 71.9 Å². The smallest absolute Gasteiger partial charge is 0.343 e. The number of nitrogens with one attached hydrogen (secondary N) is 2. The molecule has 1 unspecified atom stereocenters. The average molecular weight is 244 g/mol. The van der Waals surface area contributed by atoms with Gasteiger partial charge in [-0.05, 0) is 6.92 Å². The number of hydrogen-bond acceptors (Lipinski definition) is 5. The molecule has 0 spiro atoms. The van der Waals surface area contributed by atoms with Gasteiger partial charge in [0.25, 0.3) is 0 Å². The lowest BCUT2D eigenvalue weighted by Gasteiger charge is -2.22. The van der Waals surface area contributed by atoms with Gasteiger partial charge in [-0.1, -0.05) is 11.8 Å². The molecule has 1 aromatic heterocycles. The van der Waals surface area contributed by atoms with Crippen molar-refractivity contribution in [1.29, 1.82) is 0 Å². The molecule has 2 heterocycles. The number of nitrogens with zero attached hydrogens (tertiary/aromatic N) is 2. The van der Waals surface area contributed by atoms with Crippen LogP contribution in [0.2, 0.25) is 0 Å². The Morgan fingerprint density at radius 1 is 1.69 bits per heavy atom. The lowest BCUT2D eigenvalue weighted by molar-refractivity contribution is 0.0440. The van der Waals surface area contributed by atoms with Gasteiger partial charge in [-0.15, -0.1) is 5.10 Å². The number of thioether (sulfide) groups is 1. The summed E-state index contributed by atoms with van der Waals surface area (Å²) in [6, 6.07) is 0. The van der Waals surface area contributed by atoms with E-state index in [1.165, 1.54) is 0 Å². The summed E-state index contributed by atoms with van der Waals surface area (Å²) < 4.78 is 7.20. The van der Waals surface area contributed by atoms with Crippen molar-refractivity contribution in [2.75, 3.05) is 25.4 Å². The molecule has 1 fully saturated rings. The van der Waals surface area contributed by atoms with Crippen molar-refractivity contribution < 1.29 is 4.74 Å². The normalized spacial score (nSPS) is 21.2. The highest BCUT2D eigenvalue weighted by Crippen LogP contribution is 2.16. The van der Waals surface area contributed by atoms with Crippen molar-refractivity contribution in [3.8, 4) is 0 Å². The van der Waals surface area contributed by atoms with E-state index < -0.39 is 0 Å². The summed E-state index contributed by atoms with van der Waals surface area (Å²) in [5.74, 6) is 0.817. The third kappa shape index (κ3) is 2.66. The molecule has 2 rings (SSSR count). The molecule has 2 N–H and O–H groups in total. The maximum Gasteiger partial charge on any atom is 0.343 e. The maximum atomic E-state index is 11.3. The molecule has 7 heteroatoms. The largest absolute Gasteiger partial charge is 0.375 e. The Morgan fingerprint density at radius 3 is 3.25 bits per heavy atom. The number of ether oxygens (including phenoxy) is 1. The lowest BCUT2D eigenvalue weighted by Crippen LogP contribution is -2.39. The summed E-state index contributed by atoms with van der Waals surface area (Å²) in [5, 5.41) is 10.4. The number of rotatable bonds is 4. The number of aromatic amines is 1. The third-order valence-electron chi connectivity index (χ3n) is 2.44. The quantitative estimate of drug-likeness (QED) is 0.710. The molecule has 0 radical (unpaired) electrons. The standard InChI is InChI=1S/C9H16N4O2S/c1-2-13-8(14)11-12-9(13)16-6-7-5-10-3-4-15-7/h7,10H,2-6H2,1H3,(H,11,14). The van der Waals surface area contributed by atoms with Gasteiger partial charge in [0.1, 0.15) is 0 Å². The molecule has 0 aromatic carbocycles. The Bertz CT molecular complexity index is 383. The first-order valence-corrected chi connectivity index (χ1v) is 6.40. The second-order valence-corrected chi connectivity index (χ2v) is 4.55. The SMILES string of the molecule is CCn1c(SCC2CNCCO2)n[nH]c1=O. The van der Waals surface area contributed by atoms with Crippen molar-refractivity contribution >= 4 is 11.8 Å². The Balaban J connectivity index is 1.90. The van der Waals surface area contributed by atoms with Crippen molar-refractivity contribution in [3.05, 3.63) is 10.5 Å². The summed E-state index contributed by atoms with van der Waals surface area (Å²) in [4.78, 5) is 11.3. The second kappa shape index (κ2) is 5.51. The number of morpholine rings is 1. The first-order valence-electron chi connectivity index (χ1n) is 5.41. The van der Waals surface area contributed by atoms with Crippen LogP contribution in [0.4, 0.5) is 0 Å². The van der Waals surface area contributed by atoms with Crippen LogP contribution in [0.5, 0.6) is 0 Å². The minimum absolute atomic E-state index is 0.146. The summed E-state index contributed by atoms with van der Waals surface area (Å²) in [6.45, 7) is 5.12. The van der Waals surface area contributed by atoms with Crippen molar-refractivity contribution in [2.45, 2.75) is 24.7 Å². The van der Waals surface area contributed by atoms with E-state index in [4.69, 9.17) is 4.74 Å². The van der Waals surface area contributed by atoms with Crippen LogP contribution < -0.4 is 11.0 Å². The van der Waals surface area contributed by atoms with Crippen molar-refractivity contribution in [1.82, 2.24) is 20.1 Å². The minimum Gasteiger partial charge on any atom is -0.375 e. The Labute approximate surface area is 97.8 Å². The Morgan fingerprint density at radius 2 is 2.56 bits per heavy atom. The van der Waals surface area contributed by atoms with Crippen LogP contribution in [0.15, 0.2) is 9.95 Å². The van der Waals surface area contributed by atoms with Crippen LogP contribution in [0.1, 0.15) is 6.92 Å². The predicted octanol–water partition coefficient (Wildman–Crippen LogP) is -0.328. The van der Waals surface area contributed by atoms with E-state index >= 15 is 0 Å². The van der Waals surface area contributed by atoms with Crippen LogP contribution in [0.25, 0.3) is 0 Å². The molecule has 0 bridgehead atoms. The zero-order valence-electron chi connectivity index (χ0n) is 9.23. The first-order chi connectivity index (χ1) is 7.81. The predicted molar refractivity (Wildman–Crippen MR) is 61.9 cm³/mol. The van der Waals surface area contributed by atoms with E-state index in [0.717, 1.165) is 30.6 Å². The van der Waals surface area contributed by atoms with Gasteiger partial charge in [0.05, 0.1) is 12.7 Å².